The fourth-order valence-electron chi connectivity index (χ4n) is 15.9. The summed E-state index contributed by atoms with van der Waals surface area (Å²) < 4.78 is 89.0. The number of aliphatic hydroxyl groups is 6. The zero-order valence-corrected chi connectivity index (χ0v) is 46.1. The molecule has 0 amide bonds. The van der Waals surface area contributed by atoms with Crippen LogP contribution in [0.2, 0.25) is 0 Å². The highest BCUT2D eigenvalue weighted by atomic mass is 16.7. The molecule has 13 rings (SSSR count). The lowest BCUT2D eigenvalue weighted by Crippen LogP contribution is -2.63. The van der Waals surface area contributed by atoms with E-state index in [4.69, 9.17) is 61.6 Å². The fraction of sp³-hybridized carbons (Fsp3) is 0.833. The number of hydrogen-bond donors (Lipinski definition) is 6. The Kier molecular flexibility index (Phi) is 15.9. The molecule has 0 aliphatic carbocycles. The van der Waals surface area contributed by atoms with Crippen LogP contribution in [0.4, 0.5) is 0 Å². The molecule has 9 saturated heterocycles. The average Bonchev–Trinajstić information content (AvgIpc) is 3.66. The molecule has 0 saturated carbocycles. The molecule has 79 heavy (non-hydrogen) atoms. The summed E-state index contributed by atoms with van der Waals surface area (Å²) >= 11 is 0. The number of hydrogen-bond acceptors (Lipinski definition) is 19. The fourth-order valence-corrected chi connectivity index (χ4v) is 15.9. The molecule has 1 spiro atoms. The molecule has 6 N–H and O–H groups in total. The Labute approximate surface area is 463 Å². The van der Waals surface area contributed by atoms with Crippen LogP contribution >= 0.6 is 0 Å². The Morgan fingerprint density at radius 1 is 0.519 bits per heavy atom. The first-order chi connectivity index (χ1) is 38.0. The average molecular weight is 1110 g/mol. The molecule has 9 fully saturated rings. The molecule has 33 atom stereocenters. The van der Waals surface area contributed by atoms with Gasteiger partial charge in [0.2, 0.25) is 0 Å². The Morgan fingerprint density at radius 2 is 1.14 bits per heavy atom. The van der Waals surface area contributed by atoms with Crippen molar-refractivity contribution in [3.05, 3.63) is 60.8 Å². The maximum Gasteiger partial charge on any atom is 0.174 e. The van der Waals surface area contributed by atoms with E-state index in [1.54, 1.807) is 6.08 Å². The predicted octanol–water partition coefficient (Wildman–Crippen LogP) is 2.97. The van der Waals surface area contributed by atoms with E-state index in [9.17, 15) is 30.6 Å². The van der Waals surface area contributed by atoms with Crippen molar-refractivity contribution in [2.75, 3.05) is 13.2 Å². The van der Waals surface area contributed by atoms with E-state index >= 15 is 0 Å². The number of aliphatic hydroxyl groups excluding tert-OH is 6. The molecule has 0 bridgehead atoms. The predicted molar refractivity (Wildman–Crippen MR) is 279 cm³/mol. The normalized spacial score (nSPS) is 56.8. The molecule has 0 radical (unpaired) electrons. The first kappa shape index (κ1) is 56.1. The third kappa shape index (κ3) is 10.5. The Morgan fingerprint density at radius 3 is 1.91 bits per heavy atom. The van der Waals surface area contributed by atoms with Gasteiger partial charge in [-0.1, -0.05) is 88.5 Å². The molecule has 0 aromatic rings. The molecule has 19 heteroatoms. The van der Waals surface area contributed by atoms with E-state index < -0.39 is 134 Å². The maximum atomic E-state index is 12.4. The van der Waals surface area contributed by atoms with Gasteiger partial charge >= 0.3 is 0 Å². The van der Waals surface area contributed by atoms with Crippen LogP contribution in [-0.2, 0) is 61.6 Å². The molecule has 19 nitrogen and oxygen atoms in total. The molecular weight excluding hydrogens is 1020 g/mol. The van der Waals surface area contributed by atoms with Gasteiger partial charge < -0.3 is 92.2 Å². The summed E-state index contributed by atoms with van der Waals surface area (Å²) in [5.74, 6) is -1.19. The monoisotopic (exact) mass is 1110 g/mol. The van der Waals surface area contributed by atoms with Gasteiger partial charge in [0.15, 0.2) is 5.79 Å². The van der Waals surface area contributed by atoms with Crippen molar-refractivity contribution >= 4 is 0 Å². The zero-order chi connectivity index (χ0) is 54.6. The van der Waals surface area contributed by atoms with Gasteiger partial charge in [-0.05, 0) is 50.9 Å². The largest absolute Gasteiger partial charge is 0.393 e. The zero-order valence-electron chi connectivity index (χ0n) is 46.1. The van der Waals surface area contributed by atoms with Crippen LogP contribution in [0.3, 0.4) is 0 Å². The number of rotatable bonds is 3. The first-order valence-electron chi connectivity index (χ1n) is 30.0. The minimum absolute atomic E-state index is 0.0318. The lowest BCUT2D eigenvalue weighted by Gasteiger charge is -2.53. The van der Waals surface area contributed by atoms with Gasteiger partial charge in [-0.2, -0.15) is 0 Å². The minimum Gasteiger partial charge on any atom is -0.393 e. The van der Waals surface area contributed by atoms with Gasteiger partial charge in [0.05, 0.1) is 129 Å². The van der Waals surface area contributed by atoms with Gasteiger partial charge in [0, 0.05) is 43.9 Å². The van der Waals surface area contributed by atoms with Crippen molar-refractivity contribution in [1.29, 1.82) is 0 Å². The summed E-state index contributed by atoms with van der Waals surface area (Å²) in [6, 6.07) is 0. The molecule has 13 aliphatic heterocycles. The minimum atomic E-state index is -1.04. The maximum absolute atomic E-state index is 12.4. The number of ether oxygens (including phenoxy) is 13. The van der Waals surface area contributed by atoms with Crippen LogP contribution in [0, 0.1) is 23.7 Å². The van der Waals surface area contributed by atoms with E-state index in [1.165, 1.54) is 6.08 Å². The van der Waals surface area contributed by atoms with E-state index in [1.807, 2.05) is 50.3 Å². The van der Waals surface area contributed by atoms with Crippen molar-refractivity contribution in [2.24, 2.45) is 23.7 Å². The first-order valence-corrected chi connectivity index (χ1v) is 30.0. The van der Waals surface area contributed by atoms with E-state index in [2.05, 4.69) is 32.9 Å². The summed E-state index contributed by atoms with van der Waals surface area (Å²) in [5.41, 5.74) is -1.04. The van der Waals surface area contributed by atoms with Crippen LogP contribution < -0.4 is 0 Å². The highest BCUT2D eigenvalue weighted by Crippen LogP contribution is 2.52. The van der Waals surface area contributed by atoms with Crippen LogP contribution in [0.25, 0.3) is 0 Å². The quantitative estimate of drug-likeness (QED) is 0.223. The van der Waals surface area contributed by atoms with Crippen molar-refractivity contribution < 1.29 is 92.2 Å². The summed E-state index contributed by atoms with van der Waals surface area (Å²) in [7, 11) is 0. The summed E-state index contributed by atoms with van der Waals surface area (Å²) in [5, 5.41) is 65.9. The molecule has 0 aromatic heterocycles. The molecule has 1 unspecified atom stereocenters. The van der Waals surface area contributed by atoms with Crippen LogP contribution in [0.1, 0.15) is 98.8 Å². The second-order valence-corrected chi connectivity index (χ2v) is 25.9. The van der Waals surface area contributed by atoms with Crippen molar-refractivity contribution in [3.8, 4) is 0 Å². The smallest absolute Gasteiger partial charge is 0.174 e. The lowest BCUT2D eigenvalue weighted by atomic mass is 9.75. The second-order valence-electron chi connectivity index (χ2n) is 25.9. The summed E-state index contributed by atoms with van der Waals surface area (Å²) in [4.78, 5) is 0. The second kappa shape index (κ2) is 22.4. The summed E-state index contributed by atoms with van der Waals surface area (Å²) in [6.07, 6.45) is 10.5. The standard InChI is InChI=1S/C60H86O19/c1-28-19-42-44(22-48-54(76-42)30(3)52(65)58-55(77-48)29(2)31(4)60(79-58)25-33(63)27-67-60)73-46-24-51-59(5,78-47(46)20-28)50(64)23-45-36(74-51)11-7-6-10-35-37(71-45)15-16-39-38(69-35)17-18-40-43(70-39)21-49-57(75-40)53(66)56-41(72-49)12-8-9-34(68-56)14-13-32(62)26-61/h6-9,13-18,28-58,61-66H,10-12,19-27H2,1-5H3/b7-6-,14-13+/t28-,29+,30+,31+,32+,33+,34-,35-,36+,37+,38+,39-,40-,41+,42+,43+,44-,45-,46+,47-,48+,49-,50-,51-,52+,53-,54-,55-,56+,57-,58+,59+,60?/m1/s1. The topological polar surface area (TPSA) is 241 Å². The molecule has 440 valence electrons. The van der Waals surface area contributed by atoms with Gasteiger partial charge in [0.25, 0.3) is 0 Å². The Bertz CT molecular complexity index is 2300. The highest BCUT2D eigenvalue weighted by molar-refractivity contribution is 5.18. The van der Waals surface area contributed by atoms with Crippen molar-refractivity contribution in [1.82, 2.24) is 0 Å². The third-order valence-electron chi connectivity index (χ3n) is 20.6. The van der Waals surface area contributed by atoms with Crippen LogP contribution in [0.15, 0.2) is 60.8 Å². The van der Waals surface area contributed by atoms with Crippen LogP contribution in [0.5, 0.6) is 0 Å². The Hall–Kier alpha value is -2.06. The van der Waals surface area contributed by atoms with Gasteiger partial charge in [-0.15, -0.1) is 0 Å². The Balaban J connectivity index is 0.677. The van der Waals surface area contributed by atoms with Crippen molar-refractivity contribution in [2.45, 2.75) is 275 Å². The van der Waals surface area contributed by atoms with Gasteiger partial charge in [0.1, 0.15) is 54.4 Å². The van der Waals surface area contributed by atoms with Crippen LogP contribution in [-0.4, -0.2) is 220 Å². The molecular formula is C60H86O19. The third-order valence-corrected chi connectivity index (χ3v) is 20.6. The van der Waals surface area contributed by atoms with Gasteiger partial charge in [-0.3, -0.25) is 0 Å². The van der Waals surface area contributed by atoms with E-state index in [-0.39, 0.29) is 79.1 Å². The SMILES string of the molecule is C[C@@H]1C[C@@H]2O[C@@H]3[C@@H](C)[C@H](O)[C@@H]4OC5(C[C@H](O)CO5)[C@@H](C)[C@H](C)[C@H]4O[C@H]3C[C@H]2O[C@H]2C[C@H]3O[C@H]4C/C=C\C[C@H]5O[C@H]6C=C[C@H]7O[C@H]8[C@H](O)[C@H]9O[C@@H](/C=C/[C@H](O)CO)C=CC[C@@H]9O[C@@H]8C[C@@H]7O[C@@H]6C=C[C@@H]5O[C@@H]4C[C@@H](O)[C@]3(C)O[C@@H]2C1. The van der Waals surface area contributed by atoms with E-state index in [0.29, 0.717) is 57.8 Å². The highest BCUT2D eigenvalue weighted by Gasteiger charge is 2.63. The molecule has 13 heterocycles. The van der Waals surface area contributed by atoms with Gasteiger partial charge in [-0.25, -0.2) is 0 Å². The molecule has 13 aliphatic rings. The molecule has 0 aromatic carbocycles. The number of fused-ring (bicyclic) bond motifs is 11. The van der Waals surface area contributed by atoms with Crippen molar-refractivity contribution in [3.63, 3.8) is 0 Å². The summed E-state index contributed by atoms with van der Waals surface area (Å²) in [6.45, 7) is 10.3. The lowest BCUT2D eigenvalue weighted by molar-refractivity contribution is -0.339. The van der Waals surface area contributed by atoms with E-state index in [0.717, 1.165) is 6.42 Å².